The Labute approximate surface area is 158 Å². The van der Waals surface area contributed by atoms with Gasteiger partial charge in [0.1, 0.15) is 17.3 Å². The standard InChI is InChI=1S/C19H16F2N4O3/c1-28-14-5-2-12(3-6-14)18(26)23-8-9-24-17(11-23)22-25(19(24)27)16-7-4-13(20)10-15(16)21/h2-7,10H,8-9,11H2,1H3. The summed E-state index contributed by atoms with van der Waals surface area (Å²) in [7, 11) is 1.54. The lowest BCUT2D eigenvalue weighted by Crippen LogP contribution is -2.40. The second-order valence-corrected chi connectivity index (χ2v) is 6.31. The quantitative estimate of drug-likeness (QED) is 0.690. The Bertz CT molecular complexity index is 1110. The maximum Gasteiger partial charge on any atom is 0.350 e. The van der Waals surface area contributed by atoms with E-state index in [0.29, 0.717) is 29.7 Å². The van der Waals surface area contributed by atoms with E-state index in [4.69, 9.17) is 4.74 Å². The number of benzene rings is 2. The van der Waals surface area contributed by atoms with Crippen molar-refractivity contribution in [2.75, 3.05) is 13.7 Å². The van der Waals surface area contributed by atoms with Crippen LogP contribution in [0.5, 0.6) is 5.75 Å². The number of halogens is 2. The number of rotatable bonds is 3. The monoisotopic (exact) mass is 386 g/mol. The summed E-state index contributed by atoms with van der Waals surface area (Å²) < 4.78 is 34.5. The molecule has 1 aromatic heterocycles. The fourth-order valence-electron chi connectivity index (χ4n) is 3.15. The van der Waals surface area contributed by atoms with Gasteiger partial charge in [0.2, 0.25) is 0 Å². The Morgan fingerprint density at radius 2 is 1.86 bits per heavy atom. The molecule has 0 saturated heterocycles. The van der Waals surface area contributed by atoms with Crippen LogP contribution in [0.1, 0.15) is 16.2 Å². The maximum absolute atomic E-state index is 14.0. The van der Waals surface area contributed by atoms with Crippen molar-refractivity contribution in [3.8, 4) is 11.4 Å². The number of amides is 1. The summed E-state index contributed by atoms with van der Waals surface area (Å²) in [5, 5.41) is 4.16. The lowest BCUT2D eigenvalue weighted by atomic mass is 10.2. The number of nitrogens with zero attached hydrogens (tertiary/aromatic N) is 4. The topological polar surface area (TPSA) is 69.4 Å². The molecule has 3 aromatic rings. The van der Waals surface area contributed by atoms with Crippen LogP contribution in [0.15, 0.2) is 47.3 Å². The van der Waals surface area contributed by atoms with E-state index in [0.717, 1.165) is 16.8 Å². The van der Waals surface area contributed by atoms with Crippen molar-refractivity contribution >= 4 is 5.91 Å². The van der Waals surface area contributed by atoms with E-state index in [1.165, 1.54) is 4.57 Å². The number of fused-ring (bicyclic) bond motifs is 1. The molecule has 4 rings (SSSR count). The minimum atomic E-state index is -0.885. The Kier molecular flexibility index (Phi) is 4.42. The summed E-state index contributed by atoms with van der Waals surface area (Å²) in [5.74, 6) is -0.854. The van der Waals surface area contributed by atoms with Crippen LogP contribution in [0.25, 0.3) is 5.69 Å². The third-order valence-corrected chi connectivity index (χ3v) is 4.63. The number of ether oxygens (including phenoxy) is 1. The average Bonchev–Trinajstić information content (AvgIpc) is 3.03. The van der Waals surface area contributed by atoms with E-state index in [1.54, 1.807) is 36.3 Å². The van der Waals surface area contributed by atoms with Gasteiger partial charge in [-0.25, -0.2) is 13.6 Å². The Morgan fingerprint density at radius 3 is 2.54 bits per heavy atom. The van der Waals surface area contributed by atoms with E-state index < -0.39 is 17.3 Å². The fraction of sp³-hybridized carbons (Fsp3) is 0.211. The largest absolute Gasteiger partial charge is 0.497 e. The zero-order chi connectivity index (χ0) is 19.8. The molecule has 0 aliphatic carbocycles. The summed E-state index contributed by atoms with van der Waals surface area (Å²) in [6.07, 6.45) is 0. The predicted molar refractivity (Wildman–Crippen MR) is 95.5 cm³/mol. The molecule has 0 fully saturated rings. The van der Waals surface area contributed by atoms with Gasteiger partial charge in [-0.1, -0.05) is 0 Å². The first kappa shape index (κ1) is 17.9. The predicted octanol–water partition coefficient (Wildman–Crippen LogP) is 1.98. The highest BCUT2D eigenvalue weighted by Crippen LogP contribution is 2.18. The summed E-state index contributed by atoms with van der Waals surface area (Å²) in [6, 6.07) is 9.62. The van der Waals surface area contributed by atoms with Crippen LogP contribution in [-0.4, -0.2) is 38.8 Å². The molecule has 0 radical (unpaired) electrons. The molecular formula is C19H16F2N4O3. The molecule has 0 bridgehead atoms. The Morgan fingerprint density at radius 1 is 1.11 bits per heavy atom. The first-order valence-electron chi connectivity index (χ1n) is 8.55. The minimum absolute atomic E-state index is 0.107. The highest BCUT2D eigenvalue weighted by atomic mass is 19.1. The molecule has 7 nitrogen and oxygen atoms in total. The average molecular weight is 386 g/mol. The summed E-state index contributed by atoms with van der Waals surface area (Å²) >= 11 is 0. The lowest BCUT2D eigenvalue weighted by Gasteiger charge is -2.26. The number of hydrogen-bond donors (Lipinski definition) is 0. The van der Waals surface area contributed by atoms with Crippen LogP contribution >= 0.6 is 0 Å². The molecule has 1 aliphatic rings. The van der Waals surface area contributed by atoms with Crippen LogP contribution in [0, 0.1) is 11.6 Å². The van der Waals surface area contributed by atoms with E-state index in [-0.39, 0.29) is 24.7 Å². The number of carbonyl (C=O) groups excluding carboxylic acids is 1. The minimum Gasteiger partial charge on any atom is -0.497 e. The van der Waals surface area contributed by atoms with Gasteiger partial charge in [0.05, 0.1) is 13.7 Å². The van der Waals surface area contributed by atoms with Crippen molar-refractivity contribution in [2.45, 2.75) is 13.1 Å². The number of aromatic nitrogens is 3. The van der Waals surface area contributed by atoms with Gasteiger partial charge in [0, 0.05) is 24.7 Å². The van der Waals surface area contributed by atoms with Crippen molar-refractivity contribution < 1.29 is 18.3 Å². The summed E-state index contributed by atoms with van der Waals surface area (Å²) in [6.45, 7) is 0.657. The molecule has 9 heteroatoms. The molecule has 0 saturated carbocycles. The van der Waals surface area contributed by atoms with Crippen LogP contribution in [0.3, 0.4) is 0 Å². The molecule has 144 valence electrons. The third-order valence-electron chi connectivity index (χ3n) is 4.63. The van der Waals surface area contributed by atoms with Gasteiger partial charge in [0.15, 0.2) is 11.6 Å². The summed E-state index contributed by atoms with van der Waals surface area (Å²) in [5.41, 5.74) is -0.181. The number of hydrogen-bond acceptors (Lipinski definition) is 4. The molecule has 0 unspecified atom stereocenters. The SMILES string of the molecule is COc1ccc(C(=O)N2CCn3c(nn(-c4ccc(F)cc4F)c3=O)C2)cc1. The van der Waals surface area contributed by atoms with E-state index >= 15 is 0 Å². The normalized spacial score (nSPS) is 13.3. The van der Waals surface area contributed by atoms with E-state index in [1.807, 2.05) is 0 Å². The zero-order valence-electron chi connectivity index (χ0n) is 14.9. The van der Waals surface area contributed by atoms with Crippen molar-refractivity contribution in [3.05, 3.63) is 76.0 Å². The van der Waals surface area contributed by atoms with Gasteiger partial charge in [-0.05, 0) is 36.4 Å². The van der Waals surface area contributed by atoms with Crippen LogP contribution in [0.4, 0.5) is 8.78 Å². The highest BCUT2D eigenvalue weighted by Gasteiger charge is 2.26. The van der Waals surface area contributed by atoms with Crippen LogP contribution < -0.4 is 10.4 Å². The molecule has 1 amide bonds. The van der Waals surface area contributed by atoms with Crippen LogP contribution in [0.2, 0.25) is 0 Å². The molecule has 0 N–H and O–H groups in total. The van der Waals surface area contributed by atoms with Crippen molar-refractivity contribution in [1.29, 1.82) is 0 Å². The van der Waals surface area contributed by atoms with Gasteiger partial charge < -0.3 is 9.64 Å². The first-order chi connectivity index (χ1) is 13.5. The molecule has 1 aliphatic heterocycles. The molecule has 2 heterocycles. The van der Waals surface area contributed by atoms with Gasteiger partial charge in [-0.3, -0.25) is 9.36 Å². The molecular weight excluding hydrogens is 370 g/mol. The fourth-order valence-corrected chi connectivity index (χ4v) is 3.15. The smallest absolute Gasteiger partial charge is 0.350 e. The lowest BCUT2D eigenvalue weighted by molar-refractivity contribution is 0.0706. The van der Waals surface area contributed by atoms with Gasteiger partial charge in [-0.2, -0.15) is 4.68 Å². The van der Waals surface area contributed by atoms with Crippen molar-refractivity contribution in [1.82, 2.24) is 19.2 Å². The molecule has 2 aromatic carbocycles. The number of methoxy groups -OCH3 is 1. The molecule has 0 spiro atoms. The zero-order valence-corrected chi connectivity index (χ0v) is 14.9. The Hall–Kier alpha value is -3.49. The van der Waals surface area contributed by atoms with Gasteiger partial charge >= 0.3 is 5.69 Å². The van der Waals surface area contributed by atoms with E-state index in [9.17, 15) is 18.4 Å². The van der Waals surface area contributed by atoms with Crippen molar-refractivity contribution in [3.63, 3.8) is 0 Å². The van der Waals surface area contributed by atoms with Crippen LogP contribution in [-0.2, 0) is 13.1 Å². The Balaban J connectivity index is 1.62. The maximum atomic E-state index is 14.0. The van der Waals surface area contributed by atoms with Gasteiger partial charge in [0.25, 0.3) is 5.91 Å². The molecule has 28 heavy (non-hydrogen) atoms. The second kappa shape index (κ2) is 6.91. The van der Waals surface area contributed by atoms with Crippen molar-refractivity contribution in [2.24, 2.45) is 0 Å². The third kappa shape index (κ3) is 3.04. The molecule has 0 atom stereocenters. The van der Waals surface area contributed by atoms with Gasteiger partial charge in [-0.15, -0.1) is 5.10 Å². The summed E-state index contributed by atoms with van der Waals surface area (Å²) in [4.78, 5) is 26.8. The second-order valence-electron chi connectivity index (χ2n) is 6.31. The number of carbonyl (C=O) groups is 1. The highest BCUT2D eigenvalue weighted by molar-refractivity contribution is 5.94. The van der Waals surface area contributed by atoms with E-state index in [2.05, 4.69) is 5.10 Å². The first-order valence-corrected chi connectivity index (χ1v) is 8.55.